The number of carbonyl (C=O) groups excluding carboxylic acids is 1. The highest BCUT2D eigenvalue weighted by Gasteiger charge is 2.20. The van der Waals surface area contributed by atoms with Crippen LogP contribution in [0.2, 0.25) is 19.4 Å². The molecule has 1 aliphatic carbocycles. The second-order valence-corrected chi connectivity index (χ2v) is 11.0. The van der Waals surface area contributed by atoms with E-state index in [4.69, 9.17) is 51.1 Å². The third kappa shape index (κ3) is 5.76. The molecule has 0 aliphatic heterocycles. The SMILES string of the molecule is O=C(NSc1cc(Cl)c(Cl)s1)OC/C=C1\CCCc2cnn(Cc3ccc(Cl)cc3Cl)c21. The molecule has 5 nitrogen and oxygen atoms in total. The lowest BCUT2D eigenvalue weighted by Crippen LogP contribution is -2.17. The van der Waals surface area contributed by atoms with Crippen molar-refractivity contribution in [3.05, 3.63) is 72.8 Å². The van der Waals surface area contributed by atoms with Gasteiger partial charge in [-0.25, -0.2) is 4.79 Å². The maximum absolute atomic E-state index is 12.0. The number of carbonyl (C=O) groups is 1. The Kier molecular flexibility index (Phi) is 7.97. The summed E-state index contributed by atoms with van der Waals surface area (Å²) in [7, 11) is 0. The van der Waals surface area contributed by atoms with Crippen LogP contribution >= 0.6 is 69.7 Å². The summed E-state index contributed by atoms with van der Waals surface area (Å²) >= 11 is 26.6. The maximum Gasteiger partial charge on any atom is 0.417 e. The van der Waals surface area contributed by atoms with E-state index in [0.717, 1.165) is 52.3 Å². The predicted octanol–water partition coefficient (Wildman–Crippen LogP) is 7.76. The van der Waals surface area contributed by atoms with Gasteiger partial charge in [-0.3, -0.25) is 9.40 Å². The molecule has 0 spiro atoms. The zero-order valence-corrected chi connectivity index (χ0v) is 21.2. The molecule has 0 unspecified atom stereocenters. The number of thiophene rings is 1. The minimum atomic E-state index is -0.537. The number of halogens is 4. The number of amides is 1. The molecule has 0 radical (unpaired) electrons. The Labute approximate surface area is 213 Å². The molecule has 1 amide bonds. The van der Waals surface area contributed by atoms with E-state index < -0.39 is 6.09 Å². The molecule has 1 N–H and O–H groups in total. The largest absolute Gasteiger partial charge is 0.445 e. The van der Waals surface area contributed by atoms with E-state index in [-0.39, 0.29) is 6.61 Å². The second kappa shape index (κ2) is 10.7. The number of aromatic nitrogens is 2. The summed E-state index contributed by atoms with van der Waals surface area (Å²) in [5, 5.41) is 6.23. The first-order chi connectivity index (χ1) is 15.4. The topological polar surface area (TPSA) is 56.1 Å². The highest BCUT2D eigenvalue weighted by molar-refractivity contribution is 7.99. The Hall–Kier alpha value is -1.35. The number of fused-ring (bicyclic) bond motifs is 1. The van der Waals surface area contributed by atoms with Crippen LogP contribution in [-0.4, -0.2) is 22.5 Å². The number of benzene rings is 1. The van der Waals surface area contributed by atoms with Crippen LogP contribution < -0.4 is 4.72 Å². The van der Waals surface area contributed by atoms with Gasteiger partial charge in [-0.1, -0.05) is 52.5 Å². The van der Waals surface area contributed by atoms with Crippen LogP contribution in [0.25, 0.3) is 5.57 Å². The number of hydrogen-bond acceptors (Lipinski definition) is 5. The number of hydrogen-bond donors (Lipinski definition) is 1. The number of ether oxygens (including phenoxy) is 1. The first kappa shape index (κ1) is 23.8. The fraction of sp³-hybridized carbons (Fsp3) is 0.238. The summed E-state index contributed by atoms with van der Waals surface area (Å²) in [6.45, 7) is 0.687. The van der Waals surface area contributed by atoms with E-state index in [1.165, 1.54) is 16.9 Å². The standard InChI is InChI=1S/C21H17Cl4N3O2S2/c22-15-5-4-14(16(23)8-15)11-28-19-12(2-1-3-13(19)10-26-28)6-7-30-21(29)27-32-18-9-17(24)20(25)31-18/h4-6,8-10H,1-3,7,11H2,(H,27,29)/b12-6+. The molecule has 168 valence electrons. The number of aryl methyl sites for hydroxylation is 1. The van der Waals surface area contributed by atoms with Crippen LogP contribution in [-0.2, 0) is 17.7 Å². The molecule has 1 aromatic carbocycles. The fourth-order valence-corrected chi connectivity index (χ4v) is 6.15. The average molecular weight is 549 g/mol. The van der Waals surface area contributed by atoms with Crippen molar-refractivity contribution in [3.8, 4) is 0 Å². The van der Waals surface area contributed by atoms with Gasteiger partial charge in [0.05, 0.1) is 27.7 Å². The summed E-state index contributed by atoms with van der Waals surface area (Å²) in [5.74, 6) is 0. The Morgan fingerprint density at radius 1 is 1.22 bits per heavy atom. The third-order valence-electron chi connectivity index (χ3n) is 4.85. The number of rotatable bonds is 6. The van der Waals surface area contributed by atoms with Crippen molar-refractivity contribution in [1.29, 1.82) is 0 Å². The van der Waals surface area contributed by atoms with Gasteiger partial charge in [0.15, 0.2) is 0 Å². The summed E-state index contributed by atoms with van der Waals surface area (Å²) in [5.41, 5.74) is 4.28. The summed E-state index contributed by atoms with van der Waals surface area (Å²) in [4.78, 5) is 12.0. The van der Waals surface area contributed by atoms with Gasteiger partial charge in [-0.15, -0.1) is 11.3 Å². The Morgan fingerprint density at radius 3 is 2.81 bits per heavy atom. The summed E-state index contributed by atoms with van der Waals surface area (Å²) in [6.07, 6.45) is 6.17. The number of allylic oxidation sites excluding steroid dienone is 1. The zero-order chi connectivity index (χ0) is 22.7. The molecule has 0 bridgehead atoms. The van der Waals surface area contributed by atoms with Gasteiger partial charge < -0.3 is 4.74 Å². The van der Waals surface area contributed by atoms with Crippen LogP contribution in [0.3, 0.4) is 0 Å². The monoisotopic (exact) mass is 547 g/mol. The maximum atomic E-state index is 12.0. The van der Waals surface area contributed by atoms with Gasteiger partial charge in [-0.05, 0) is 60.2 Å². The van der Waals surface area contributed by atoms with E-state index >= 15 is 0 Å². The van der Waals surface area contributed by atoms with Gasteiger partial charge in [0, 0.05) is 22.0 Å². The van der Waals surface area contributed by atoms with Gasteiger partial charge in [0.25, 0.3) is 0 Å². The third-order valence-corrected chi connectivity index (χ3v) is 8.18. The van der Waals surface area contributed by atoms with Crippen molar-refractivity contribution in [1.82, 2.24) is 14.5 Å². The van der Waals surface area contributed by atoms with Crippen LogP contribution in [0, 0.1) is 0 Å². The lowest BCUT2D eigenvalue weighted by atomic mass is 9.92. The van der Waals surface area contributed by atoms with Crippen molar-refractivity contribution in [2.75, 3.05) is 6.61 Å². The average Bonchev–Trinajstić information content (AvgIpc) is 3.32. The predicted molar refractivity (Wildman–Crippen MR) is 133 cm³/mol. The molecule has 0 fully saturated rings. The Bertz CT molecular complexity index is 1160. The van der Waals surface area contributed by atoms with Gasteiger partial charge in [-0.2, -0.15) is 5.10 Å². The number of nitrogens with zero attached hydrogens (tertiary/aromatic N) is 2. The van der Waals surface area contributed by atoms with Crippen LogP contribution in [0.15, 0.2) is 40.7 Å². The summed E-state index contributed by atoms with van der Waals surface area (Å²) < 4.78 is 11.1. The van der Waals surface area contributed by atoms with Gasteiger partial charge in [0.1, 0.15) is 10.9 Å². The zero-order valence-electron chi connectivity index (χ0n) is 16.5. The van der Waals surface area contributed by atoms with Gasteiger partial charge >= 0.3 is 6.09 Å². The molecule has 11 heteroatoms. The molecular weight excluding hydrogens is 532 g/mol. The summed E-state index contributed by atoms with van der Waals surface area (Å²) in [6, 6.07) is 7.15. The molecule has 0 saturated carbocycles. The van der Waals surface area contributed by atoms with Gasteiger partial charge in [0.2, 0.25) is 0 Å². The van der Waals surface area contributed by atoms with E-state index in [9.17, 15) is 4.79 Å². The van der Waals surface area contributed by atoms with E-state index in [0.29, 0.717) is 25.9 Å². The minimum Gasteiger partial charge on any atom is -0.445 e. The van der Waals surface area contributed by atoms with Crippen molar-refractivity contribution < 1.29 is 9.53 Å². The molecule has 3 aromatic rings. The van der Waals surface area contributed by atoms with Crippen LogP contribution in [0.1, 0.15) is 29.7 Å². The molecule has 4 rings (SSSR count). The highest BCUT2D eigenvalue weighted by Crippen LogP contribution is 2.36. The quantitative estimate of drug-likeness (QED) is 0.320. The normalized spacial score (nSPS) is 14.4. The number of nitrogens with one attached hydrogen (secondary N) is 1. The molecule has 1 aliphatic rings. The van der Waals surface area contributed by atoms with Crippen molar-refractivity contribution in [2.45, 2.75) is 30.0 Å². The van der Waals surface area contributed by atoms with Crippen LogP contribution in [0.5, 0.6) is 0 Å². The van der Waals surface area contributed by atoms with E-state index in [1.54, 1.807) is 12.1 Å². The van der Waals surface area contributed by atoms with Crippen molar-refractivity contribution in [3.63, 3.8) is 0 Å². The Morgan fingerprint density at radius 2 is 2.06 bits per heavy atom. The smallest absolute Gasteiger partial charge is 0.417 e. The van der Waals surface area contributed by atoms with Crippen LogP contribution in [0.4, 0.5) is 4.79 Å². The lowest BCUT2D eigenvalue weighted by Gasteiger charge is -2.18. The van der Waals surface area contributed by atoms with E-state index in [1.807, 2.05) is 29.1 Å². The molecule has 0 saturated heterocycles. The molecular formula is C21H17Cl4N3O2S2. The van der Waals surface area contributed by atoms with Crippen molar-refractivity contribution >= 4 is 81.4 Å². The van der Waals surface area contributed by atoms with Crippen molar-refractivity contribution in [2.24, 2.45) is 0 Å². The molecule has 0 atom stereocenters. The first-order valence-corrected chi connectivity index (χ1v) is 12.8. The fourth-order valence-electron chi connectivity index (χ4n) is 3.41. The Balaban J connectivity index is 1.40. The molecule has 2 heterocycles. The minimum absolute atomic E-state index is 0.153. The molecule has 2 aromatic heterocycles. The first-order valence-electron chi connectivity index (χ1n) is 9.63. The lowest BCUT2D eigenvalue weighted by molar-refractivity contribution is 0.165. The van der Waals surface area contributed by atoms with E-state index in [2.05, 4.69) is 9.82 Å². The second-order valence-electron chi connectivity index (χ2n) is 6.98. The molecule has 32 heavy (non-hydrogen) atoms. The highest BCUT2D eigenvalue weighted by atomic mass is 35.5.